The third kappa shape index (κ3) is 4.49. The van der Waals surface area contributed by atoms with Gasteiger partial charge in [-0.3, -0.25) is 4.72 Å². The highest BCUT2D eigenvalue weighted by atomic mass is 35.5. The number of halogens is 1. The van der Waals surface area contributed by atoms with Crippen LogP contribution < -0.4 is 4.72 Å². The number of rotatable bonds is 7. The van der Waals surface area contributed by atoms with Crippen molar-refractivity contribution >= 4 is 44.3 Å². The molecule has 3 rings (SSSR count). The minimum Gasteiger partial charge on any atom is -0.478 e. The van der Waals surface area contributed by atoms with Gasteiger partial charge in [-0.1, -0.05) is 35.9 Å². The van der Waals surface area contributed by atoms with Crippen molar-refractivity contribution in [2.45, 2.75) is 24.7 Å². The second kappa shape index (κ2) is 8.26. The van der Waals surface area contributed by atoms with Crippen LogP contribution in [0.4, 0.5) is 5.13 Å². The van der Waals surface area contributed by atoms with E-state index in [4.69, 9.17) is 11.6 Å². The van der Waals surface area contributed by atoms with E-state index in [1.54, 1.807) is 43.3 Å². The maximum Gasteiger partial charge on any atom is 0.335 e. The van der Waals surface area contributed by atoms with Crippen LogP contribution in [0.2, 0.25) is 5.02 Å². The summed E-state index contributed by atoms with van der Waals surface area (Å²) in [6.45, 7) is 1.63. The second-order valence-electron chi connectivity index (χ2n) is 5.95. The number of carboxylic acids is 1. The van der Waals surface area contributed by atoms with Gasteiger partial charge in [-0.15, -0.1) is 0 Å². The Kier molecular flexibility index (Phi) is 5.97. The van der Waals surface area contributed by atoms with Crippen molar-refractivity contribution in [1.82, 2.24) is 9.36 Å². The smallest absolute Gasteiger partial charge is 0.335 e. The van der Waals surface area contributed by atoms with Crippen LogP contribution in [0.25, 0.3) is 0 Å². The predicted octanol–water partition coefficient (Wildman–Crippen LogP) is 3.78. The average molecular weight is 438 g/mol. The summed E-state index contributed by atoms with van der Waals surface area (Å²) in [5, 5.41) is 9.73. The van der Waals surface area contributed by atoms with E-state index in [1.807, 2.05) is 0 Å². The summed E-state index contributed by atoms with van der Waals surface area (Å²) in [5.41, 5.74) is 1.35. The third-order valence-electron chi connectivity index (χ3n) is 4.06. The molecular weight excluding hydrogens is 422 g/mol. The average Bonchev–Trinajstić information content (AvgIpc) is 3.08. The van der Waals surface area contributed by atoms with Gasteiger partial charge in [0.2, 0.25) is 5.13 Å². The van der Waals surface area contributed by atoms with E-state index in [-0.39, 0.29) is 15.6 Å². The number of hydrogen-bond acceptors (Lipinski definition) is 6. The van der Waals surface area contributed by atoms with Crippen molar-refractivity contribution in [1.29, 1.82) is 0 Å². The Labute approximate surface area is 171 Å². The number of anilines is 1. The van der Waals surface area contributed by atoms with E-state index < -0.39 is 16.0 Å². The zero-order chi connectivity index (χ0) is 20.3. The topological polar surface area (TPSA) is 109 Å². The maximum atomic E-state index is 12.6. The lowest BCUT2D eigenvalue weighted by Gasteiger charge is -2.08. The first-order valence-electron chi connectivity index (χ1n) is 8.19. The number of aromatic carboxylic acids is 1. The Morgan fingerprint density at radius 3 is 2.68 bits per heavy atom. The largest absolute Gasteiger partial charge is 0.478 e. The molecule has 10 heteroatoms. The molecule has 0 spiro atoms. The van der Waals surface area contributed by atoms with E-state index >= 15 is 0 Å². The Bertz CT molecular complexity index is 1130. The lowest BCUT2D eigenvalue weighted by atomic mass is 10.0. The summed E-state index contributed by atoms with van der Waals surface area (Å²) in [5.74, 6) is -0.558. The molecule has 0 unspecified atom stereocenters. The van der Waals surface area contributed by atoms with Crippen LogP contribution in [-0.2, 0) is 22.9 Å². The zero-order valence-corrected chi connectivity index (χ0v) is 17.1. The molecule has 2 aromatic carbocycles. The van der Waals surface area contributed by atoms with Gasteiger partial charge in [0.05, 0.1) is 10.5 Å². The van der Waals surface area contributed by atoms with Crippen LogP contribution in [0, 0.1) is 6.92 Å². The molecule has 0 saturated carbocycles. The molecule has 0 bridgehead atoms. The first-order chi connectivity index (χ1) is 13.3. The second-order valence-corrected chi connectivity index (χ2v) is 8.76. The van der Waals surface area contributed by atoms with Gasteiger partial charge in [-0.05, 0) is 42.7 Å². The van der Waals surface area contributed by atoms with Crippen molar-refractivity contribution in [2.75, 3.05) is 4.72 Å². The first-order valence-corrected chi connectivity index (χ1v) is 10.8. The number of sulfonamides is 1. The van der Waals surface area contributed by atoms with Gasteiger partial charge < -0.3 is 5.11 Å². The Morgan fingerprint density at radius 2 is 1.93 bits per heavy atom. The predicted molar refractivity (Wildman–Crippen MR) is 108 cm³/mol. The van der Waals surface area contributed by atoms with Crippen LogP contribution in [0.15, 0.2) is 47.4 Å². The molecule has 0 amide bonds. The number of carbonyl (C=O) groups is 1. The molecule has 7 nitrogen and oxygen atoms in total. The van der Waals surface area contributed by atoms with E-state index in [9.17, 15) is 18.3 Å². The lowest BCUT2D eigenvalue weighted by Crippen LogP contribution is -2.14. The third-order valence-corrected chi connectivity index (χ3v) is 6.75. The number of hydrogen-bond donors (Lipinski definition) is 2. The SMILES string of the molecule is Cc1c(Cl)cccc1S(=O)(=O)Nc1nc(CCc2ccccc2C(=O)O)ns1. The molecule has 28 heavy (non-hydrogen) atoms. The summed E-state index contributed by atoms with van der Waals surface area (Å²) in [6.07, 6.45) is 0.817. The van der Waals surface area contributed by atoms with Gasteiger partial charge in [0, 0.05) is 23.0 Å². The van der Waals surface area contributed by atoms with E-state index in [0.29, 0.717) is 34.8 Å². The molecule has 0 aliphatic carbocycles. The van der Waals surface area contributed by atoms with E-state index in [1.165, 1.54) is 6.07 Å². The minimum absolute atomic E-state index is 0.0761. The molecule has 1 aromatic heterocycles. The standard InChI is InChI=1S/C18H16ClN3O4S2/c1-11-14(19)7-4-8-15(11)28(25,26)22-18-20-16(21-27-18)10-9-12-5-2-3-6-13(12)17(23)24/h2-8H,9-10H2,1H3,(H,23,24)(H,20,21,22). The highest BCUT2D eigenvalue weighted by Gasteiger charge is 2.20. The number of carboxylic acid groups (broad SMARTS) is 1. The normalized spacial score (nSPS) is 11.4. The van der Waals surface area contributed by atoms with Gasteiger partial charge >= 0.3 is 5.97 Å². The van der Waals surface area contributed by atoms with Gasteiger partial charge in [0.1, 0.15) is 5.82 Å². The quantitative estimate of drug-likeness (QED) is 0.582. The van der Waals surface area contributed by atoms with Crippen molar-refractivity contribution in [3.8, 4) is 0 Å². The first kappa shape index (κ1) is 20.2. The molecule has 146 valence electrons. The Morgan fingerprint density at radius 1 is 1.18 bits per heavy atom. The number of benzene rings is 2. The highest BCUT2D eigenvalue weighted by Crippen LogP contribution is 2.25. The van der Waals surface area contributed by atoms with Gasteiger partial charge in [-0.2, -0.15) is 4.37 Å². The van der Waals surface area contributed by atoms with Crippen LogP contribution in [0.1, 0.15) is 27.3 Å². The minimum atomic E-state index is -3.84. The maximum absolute atomic E-state index is 12.6. The van der Waals surface area contributed by atoms with Gasteiger partial charge in [0.25, 0.3) is 10.0 Å². The summed E-state index contributed by atoms with van der Waals surface area (Å²) in [7, 11) is -3.84. The number of aryl methyl sites for hydroxylation is 2. The molecule has 0 aliphatic rings. The van der Waals surface area contributed by atoms with Gasteiger partial charge in [0.15, 0.2) is 0 Å². The molecule has 0 aliphatic heterocycles. The van der Waals surface area contributed by atoms with Crippen molar-refractivity contribution < 1.29 is 18.3 Å². The molecule has 0 atom stereocenters. The van der Waals surface area contributed by atoms with Crippen molar-refractivity contribution in [3.63, 3.8) is 0 Å². The fourth-order valence-corrected chi connectivity index (χ4v) is 4.97. The highest BCUT2D eigenvalue weighted by molar-refractivity contribution is 7.93. The summed E-state index contributed by atoms with van der Waals surface area (Å²) in [4.78, 5) is 15.5. The molecule has 1 heterocycles. The van der Waals surface area contributed by atoms with Crippen LogP contribution in [-0.4, -0.2) is 28.9 Å². The fourth-order valence-electron chi connectivity index (χ4n) is 2.64. The van der Waals surface area contributed by atoms with Crippen LogP contribution >= 0.6 is 23.1 Å². The Balaban J connectivity index is 1.73. The molecule has 2 N–H and O–H groups in total. The summed E-state index contributed by atoms with van der Waals surface area (Å²) >= 11 is 6.93. The van der Waals surface area contributed by atoms with E-state index in [2.05, 4.69) is 14.1 Å². The molecule has 3 aromatic rings. The Hall–Kier alpha value is -2.49. The summed E-state index contributed by atoms with van der Waals surface area (Å²) < 4.78 is 31.7. The van der Waals surface area contributed by atoms with Crippen LogP contribution in [0.3, 0.4) is 0 Å². The molecular formula is C18H16ClN3O4S2. The molecule has 0 radical (unpaired) electrons. The zero-order valence-electron chi connectivity index (χ0n) is 14.7. The van der Waals surface area contributed by atoms with Crippen molar-refractivity contribution in [3.05, 3.63) is 70.0 Å². The number of aromatic nitrogens is 2. The lowest BCUT2D eigenvalue weighted by molar-refractivity contribution is 0.0695. The molecule has 0 fully saturated rings. The van der Waals surface area contributed by atoms with E-state index in [0.717, 1.165) is 11.5 Å². The van der Waals surface area contributed by atoms with Gasteiger partial charge in [-0.25, -0.2) is 18.2 Å². The monoisotopic (exact) mass is 437 g/mol. The fraction of sp³-hybridized carbons (Fsp3) is 0.167. The number of nitrogens with one attached hydrogen (secondary N) is 1. The summed E-state index contributed by atoms with van der Waals surface area (Å²) in [6, 6.07) is 11.4. The van der Waals surface area contributed by atoms with Crippen LogP contribution in [0.5, 0.6) is 0 Å². The number of nitrogens with zero attached hydrogens (tertiary/aromatic N) is 2. The molecule has 0 saturated heterocycles. The van der Waals surface area contributed by atoms with Crippen molar-refractivity contribution in [2.24, 2.45) is 0 Å².